The number of esters is 2. The molecule has 2 unspecified atom stereocenters. The summed E-state index contributed by atoms with van der Waals surface area (Å²) in [5.41, 5.74) is 0. The van der Waals surface area contributed by atoms with Crippen molar-refractivity contribution in [2.75, 3.05) is 0 Å². The van der Waals surface area contributed by atoms with Crippen LogP contribution >= 0.6 is 0 Å². The maximum atomic E-state index is 12.7. The zero-order valence-corrected chi connectivity index (χ0v) is 6.21. The van der Waals surface area contributed by atoms with Crippen LogP contribution in [0.15, 0.2) is 0 Å². The van der Waals surface area contributed by atoms with E-state index in [9.17, 15) is 14.0 Å². The van der Waals surface area contributed by atoms with Gasteiger partial charge in [0.1, 0.15) is 0 Å². The number of hydrogen-bond acceptors (Lipinski definition) is 4. The Bertz CT molecular complexity index is 252. The number of hydrogen-bond donors (Lipinski definition) is 0. The van der Waals surface area contributed by atoms with Gasteiger partial charge in [0, 0.05) is 6.42 Å². The summed E-state index contributed by atoms with van der Waals surface area (Å²) in [5.74, 6) is -2.63. The van der Waals surface area contributed by atoms with Crippen LogP contribution < -0.4 is 0 Å². The van der Waals surface area contributed by atoms with Crippen molar-refractivity contribution in [3.05, 3.63) is 0 Å². The minimum Gasteiger partial charge on any atom is -0.422 e. The van der Waals surface area contributed by atoms with Crippen LogP contribution in [0.3, 0.4) is 0 Å². The maximum absolute atomic E-state index is 12.7. The first-order valence-electron chi connectivity index (χ1n) is 3.70. The van der Waals surface area contributed by atoms with Crippen LogP contribution in [0, 0.1) is 0 Å². The molecule has 2 rings (SSSR count). The van der Waals surface area contributed by atoms with Gasteiger partial charge in [-0.1, -0.05) is 0 Å². The highest BCUT2D eigenvalue weighted by molar-refractivity contribution is 5.79. The van der Waals surface area contributed by atoms with Crippen LogP contribution in [0.25, 0.3) is 0 Å². The third-order valence-corrected chi connectivity index (χ3v) is 2.04. The van der Waals surface area contributed by atoms with Crippen LogP contribution in [-0.4, -0.2) is 23.9 Å². The second kappa shape index (κ2) is 2.18. The molecule has 0 amide bonds. The first-order valence-corrected chi connectivity index (χ1v) is 3.70. The summed E-state index contributed by atoms with van der Waals surface area (Å²) < 4.78 is 22.0. The second-order valence-corrected chi connectivity index (χ2v) is 2.98. The Labute approximate surface area is 67.6 Å². The molecule has 5 heteroatoms. The number of ether oxygens (including phenoxy) is 2. The Kier molecular flexibility index (Phi) is 1.37. The number of carbonyl (C=O) groups is 2. The molecule has 2 aliphatic rings. The molecule has 0 bridgehead atoms. The molecule has 2 heterocycles. The molecule has 2 saturated heterocycles. The fraction of sp³-hybridized carbons (Fsp3) is 0.714. The third kappa shape index (κ3) is 0.964. The van der Waals surface area contributed by atoms with Gasteiger partial charge in [-0.3, -0.25) is 4.79 Å². The van der Waals surface area contributed by atoms with E-state index in [1.807, 2.05) is 0 Å². The highest BCUT2D eigenvalue weighted by atomic mass is 19.1. The van der Waals surface area contributed by atoms with E-state index < -0.39 is 23.9 Å². The van der Waals surface area contributed by atoms with Crippen molar-refractivity contribution in [2.45, 2.75) is 31.2 Å². The van der Waals surface area contributed by atoms with Gasteiger partial charge in [0.05, 0.1) is 12.8 Å². The molecule has 0 aromatic heterocycles. The maximum Gasteiger partial charge on any atom is 0.344 e. The van der Waals surface area contributed by atoms with Crippen molar-refractivity contribution in [2.24, 2.45) is 0 Å². The smallest absolute Gasteiger partial charge is 0.344 e. The molecule has 0 saturated carbocycles. The summed E-state index contributed by atoms with van der Waals surface area (Å²) in [6.45, 7) is 0. The van der Waals surface area contributed by atoms with E-state index in [1.165, 1.54) is 0 Å². The molecule has 4 nitrogen and oxygen atoms in total. The van der Waals surface area contributed by atoms with E-state index in [2.05, 4.69) is 4.74 Å². The van der Waals surface area contributed by atoms with Gasteiger partial charge in [-0.25, -0.2) is 9.18 Å². The first-order chi connectivity index (χ1) is 5.61. The van der Waals surface area contributed by atoms with Gasteiger partial charge >= 0.3 is 11.9 Å². The molecule has 0 radical (unpaired) electrons. The Hall–Kier alpha value is -1.13. The first kappa shape index (κ1) is 7.52. The van der Waals surface area contributed by atoms with Gasteiger partial charge < -0.3 is 9.47 Å². The average molecular weight is 174 g/mol. The molecule has 0 aliphatic carbocycles. The summed E-state index contributed by atoms with van der Waals surface area (Å²) in [5, 5.41) is 0. The van der Waals surface area contributed by atoms with E-state index >= 15 is 0 Å². The van der Waals surface area contributed by atoms with Crippen molar-refractivity contribution >= 4 is 11.9 Å². The molecular weight excluding hydrogens is 167 g/mol. The Balaban J connectivity index is 2.15. The van der Waals surface area contributed by atoms with Crippen molar-refractivity contribution in [1.29, 1.82) is 0 Å². The minimum atomic E-state index is -1.64. The quantitative estimate of drug-likeness (QED) is 0.496. The summed E-state index contributed by atoms with van der Waals surface area (Å²) >= 11 is 0. The highest BCUT2D eigenvalue weighted by Crippen LogP contribution is 2.38. The molecule has 0 N–H and O–H groups in total. The van der Waals surface area contributed by atoms with Crippen molar-refractivity contribution in [1.82, 2.24) is 0 Å². The molecule has 2 fully saturated rings. The van der Waals surface area contributed by atoms with E-state index in [0.717, 1.165) is 0 Å². The van der Waals surface area contributed by atoms with Crippen LogP contribution in [0.2, 0.25) is 0 Å². The van der Waals surface area contributed by atoms with Gasteiger partial charge in [-0.15, -0.1) is 0 Å². The minimum absolute atomic E-state index is 0.155. The van der Waals surface area contributed by atoms with Crippen LogP contribution in [-0.2, 0) is 19.1 Å². The molecule has 2 aliphatic heterocycles. The average Bonchev–Trinajstić information content (AvgIpc) is 2.42. The molecular formula is C7H7FO4. The summed E-state index contributed by atoms with van der Waals surface area (Å²) in [7, 11) is 0. The molecule has 1 spiro atoms. The highest BCUT2D eigenvalue weighted by Gasteiger charge is 2.53. The summed E-state index contributed by atoms with van der Waals surface area (Å²) in [6.07, 6.45) is -1.33. The lowest BCUT2D eigenvalue weighted by Gasteiger charge is -2.18. The Morgan fingerprint density at radius 3 is 2.58 bits per heavy atom. The summed E-state index contributed by atoms with van der Waals surface area (Å²) in [4.78, 5) is 21.3. The predicted molar refractivity (Wildman–Crippen MR) is 33.7 cm³/mol. The lowest BCUT2D eigenvalue weighted by molar-refractivity contribution is -0.197. The number of halogens is 1. The number of rotatable bonds is 0. The molecule has 12 heavy (non-hydrogen) atoms. The van der Waals surface area contributed by atoms with Crippen LogP contribution in [0.1, 0.15) is 19.3 Å². The lowest BCUT2D eigenvalue weighted by atomic mass is 10.1. The summed E-state index contributed by atoms with van der Waals surface area (Å²) in [6, 6.07) is 0. The van der Waals surface area contributed by atoms with Gasteiger partial charge in [0.2, 0.25) is 6.17 Å². The van der Waals surface area contributed by atoms with Gasteiger partial charge in [-0.2, -0.15) is 0 Å². The van der Waals surface area contributed by atoms with Crippen molar-refractivity contribution in [3.8, 4) is 0 Å². The van der Waals surface area contributed by atoms with Crippen molar-refractivity contribution in [3.63, 3.8) is 0 Å². The topological polar surface area (TPSA) is 52.6 Å². The largest absolute Gasteiger partial charge is 0.422 e. The van der Waals surface area contributed by atoms with Crippen LogP contribution in [0.5, 0.6) is 0 Å². The zero-order valence-electron chi connectivity index (χ0n) is 6.21. The normalized spacial score (nSPS) is 40.2. The second-order valence-electron chi connectivity index (χ2n) is 2.98. The van der Waals surface area contributed by atoms with Gasteiger partial charge in [0.25, 0.3) is 5.79 Å². The lowest BCUT2D eigenvalue weighted by Crippen LogP contribution is -2.27. The fourth-order valence-electron chi connectivity index (χ4n) is 1.46. The van der Waals surface area contributed by atoms with E-state index in [1.54, 1.807) is 0 Å². The predicted octanol–water partition coefficient (Wildman–Crippen LogP) is 0.305. The number of alkyl halides is 1. The van der Waals surface area contributed by atoms with Crippen LogP contribution in [0.4, 0.5) is 4.39 Å². The van der Waals surface area contributed by atoms with E-state index in [0.29, 0.717) is 0 Å². The van der Waals surface area contributed by atoms with Crippen molar-refractivity contribution < 1.29 is 23.5 Å². The number of carbonyl (C=O) groups excluding carboxylic acids is 2. The standard InChI is InChI=1S/C7H7FO4/c8-4-3-7(12-6(4)10)2-1-5(9)11-7/h4H,1-3H2. The molecule has 66 valence electrons. The molecule has 2 atom stereocenters. The molecule has 0 aromatic carbocycles. The Morgan fingerprint density at radius 1 is 1.42 bits per heavy atom. The molecule has 0 aromatic rings. The van der Waals surface area contributed by atoms with Gasteiger partial charge in [-0.05, 0) is 0 Å². The fourth-order valence-corrected chi connectivity index (χ4v) is 1.46. The van der Waals surface area contributed by atoms with E-state index in [-0.39, 0.29) is 19.3 Å². The van der Waals surface area contributed by atoms with E-state index in [4.69, 9.17) is 4.74 Å². The monoisotopic (exact) mass is 174 g/mol. The van der Waals surface area contributed by atoms with Gasteiger partial charge in [0.15, 0.2) is 0 Å². The zero-order chi connectivity index (χ0) is 8.77. The third-order valence-electron chi connectivity index (χ3n) is 2.04. The SMILES string of the molecule is O=C1CCC2(CC(F)C(=O)O2)O1. The Morgan fingerprint density at radius 2 is 2.17 bits per heavy atom.